The lowest BCUT2D eigenvalue weighted by atomic mass is 10.1. The van der Waals surface area contributed by atoms with E-state index in [4.69, 9.17) is 14.7 Å². The molecule has 1 rings (SSSR count). The molecular weight excluding hydrogens is 333 g/mol. The molecule has 0 bridgehead atoms. The lowest BCUT2D eigenvalue weighted by molar-refractivity contribution is -0.142. The second-order valence-corrected chi connectivity index (χ2v) is 4.40. The lowest BCUT2D eigenvalue weighted by Gasteiger charge is -2.08. The molecular formula is C12H12INO3. The van der Waals surface area contributed by atoms with Crippen LogP contribution in [-0.4, -0.2) is 19.7 Å². The van der Waals surface area contributed by atoms with Crippen molar-refractivity contribution in [3.63, 3.8) is 0 Å². The first-order valence-corrected chi connectivity index (χ1v) is 6.12. The number of halogens is 1. The fourth-order valence-corrected chi connectivity index (χ4v) is 1.99. The molecule has 0 unspecified atom stereocenters. The number of carbonyl (C=O) groups is 1. The predicted octanol–water partition coefficient (Wildman–Crippen LogP) is 2.28. The first-order chi connectivity index (χ1) is 8.12. The van der Waals surface area contributed by atoms with Crippen LogP contribution in [0.3, 0.4) is 0 Å². The zero-order chi connectivity index (χ0) is 12.8. The van der Waals surface area contributed by atoms with E-state index < -0.39 is 0 Å². The normalized spacial score (nSPS) is 9.53. The van der Waals surface area contributed by atoms with E-state index in [1.807, 2.05) is 6.07 Å². The minimum atomic E-state index is -0.292. The SMILES string of the molecule is CCOC(=O)Cc1cc(C#N)c(OC)cc1I. The highest BCUT2D eigenvalue weighted by atomic mass is 127. The molecule has 5 heteroatoms. The van der Waals surface area contributed by atoms with Crippen LogP contribution < -0.4 is 4.74 Å². The van der Waals surface area contributed by atoms with Gasteiger partial charge >= 0.3 is 5.97 Å². The maximum atomic E-state index is 11.4. The first-order valence-electron chi connectivity index (χ1n) is 5.04. The number of methoxy groups -OCH3 is 1. The zero-order valence-electron chi connectivity index (χ0n) is 9.62. The van der Waals surface area contributed by atoms with Crippen LogP contribution in [0.4, 0.5) is 0 Å². The van der Waals surface area contributed by atoms with Gasteiger partial charge in [-0.15, -0.1) is 0 Å². The molecule has 0 heterocycles. The second kappa shape index (κ2) is 6.45. The molecule has 0 amide bonds. The van der Waals surface area contributed by atoms with Crippen molar-refractivity contribution in [1.29, 1.82) is 5.26 Å². The predicted molar refractivity (Wildman–Crippen MR) is 70.8 cm³/mol. The van der Waals surface area contributed by atoms with Crippen molar-refractivity contribution < 1.29 is 14.3 Å². The topological polar surface area (TPSA) is 59.3 Å². The molecule has 0 aliphatic heterocycles. The van der Waals surface area contributed by atoms with Gasteiger partial charge in [-0.2, -0.15) is 5.26 Å². The molecule has 0 aliphatic carbocycles. The summed E-state index contributed by atoms with van der Waals surface area (Å²) < 4.78 is 10.8. The summed E-state index contributed by atoms with van der Waals surface area (Å²) in [5, 5.41) is 8.95. The van der Waals surface area contributed by atoms with Crippen LogP contribution in [0, 0.1) is 14.9 Å². The minimum absolute atomic E-state index is 0.171. The average molecular weight is 345 g/mol. The van der Waals surface area contributed by atoms with Crippen LogP contribution in [0.15, 0.2) is 12.1 Å². The van der Waals surface area contributed by atoms with Gasteiger partial charge in [0.1, 0.15) is 11.8 Å². The molecule has 1 aromatic carbocycles. The van der Waals surface area contributed by atoms with Crippen molar-refractivity contribution in [2.75, 3.05) is 13.7 Å². The van der Waals surface area contributed by atoms with E-state index in [0.29, 0.717) is 17.9 Å². The van der Waals surface area contributed by atoms with Gasteiger partial charge in [-0.3, -0.25) is 4.79 Å². The summed E-state index contributed by atoms with van der Waals surface area (Å²) in [5.74, 6) is 0.226. The largest absolute Gasteiger partial charge is 0.495 e. The van der Waals surface area contributed by atoms with Crippen molar-refractivity contribution in [3.8, 4) is 11.8 Å². The number of ether oxygens (including phenoxy) is 2. The third-order valence-corrected chi connectivity index (χ3v) is 3.13. The molecule has 0 aromatic heterocycles. The Morgan fingerprint density at radius 1 is 1.53 bits per heavy atom. The number of nitrogens with zero attached hydrogens (tertiary/aromatic N) is 1. The van der Waals surface area contributed by atoms with Crippen molar-refractivity contribution in [1.82, 2.24) is 0 Å². The highest BCUT2D eigenvalue weighted by Gasteiger charge is 2.12. The fraction of sp³-hybridized carbons (Fsp3) is 0.333. The number of nitriles is 1. The van der Waals surface area contributed by atoms with Crippen LogP contribution in [0.5, 0.6) is 5.75 Å². The Hall–Kier alpha value is -1.29. The Bertz CT molecular complexity index is 466. The van der Waals surface area contributed by atoms with Crippen LogP contribution in [-0.2, 0) is 16.0 Å². The molecule has 90 valence electrons. The summed E-state index contributed by atoms with van der Waals surface area (Å²) in [5.41, 5.74) is 1.20. The highest BCUT2D eigenvalue weighted by molar-refractivity contribution is 14.1. The van der Waals surface area contributed by atoms with Crippen molar-refractivity contribution in [3.05, 3.63) is 26.8 Å². The van der Waals surface area contributed by atoms with Gasteiger partial charge in [-0.05, 0) is 47.2 Å². The third kappa shape index (κ3) is 3.60. The van der Waals surface area contributed by atoms with Crippen LogP contribution >= 0.6 is 22.6 Å². The summed E-state index contributed by atoms with van der Waals surface area (Å²) in [6, 6.07) is 5.45. The first kappa shape index (κ1) is 13.8. The van der Waals surface area contributed by atoms with Crippen molar-refractivity contribution in [2.45, 2.75) is 13.3 Å². The van der Waals surface area contributed by atoms with E-state index in [-0.39, 0.29) is 12.4 Å². The smallest absolute Gasteiger partial charge is 0.310 e. The number of hydrogen-bond donors (Lipinski definition) is 0. The highest BCUT2D eigenvalue weighted by Crippen LogP contribution is 2.24. The van der Waals surface area contributed by atoms with E-state index >= 15 is 0 Å². The number of benzene rings is 1. The Kier molecular flexibility index (Phi) is 5.22. The van der Waals surface area contributed by atoms with Crippen LogP contribution in [0.1, 0.15) is 18.1 Å². The minimum Gasteiger partial charge on any atom is -0.495 e. The quantitative estimate of drug-likeness (QED) is 0.621. The molecule has 0 spiro atoms. The summed E-state index contributed by atoms with van der Waals surface area (Å²) in [6.07, 6.45) is 0.171. The molecule has 0 fully saturated rings. The van der Waals surface area contributed by atoms with Gasteiger partial charge in [0.15, 0.2) is 0 Å². The van der Waals surface area contributed by atoms with Crippen LogP contribution in [0.25, 0.3) is 0 Å². The van der Waals surface area contributed by atoms with Gasteiger partial charge < -0.3 is 9.47 Å². The summed E-state index contributed by atoms with van der Waals surface area (Å²) in [4.78, 5) is 11.4. The second-order valence-electron chi connectivity index (χ2n) is 3.24. The Morgan fingerprint density at radius 3 is 2.76 bits per heavy atom. The molecule has 0 saturated carbocycles. The van der Waals surface area contributed by atoms with Crippen molar-refractivity contribution >= 4 is 28.6 Å². The summed E-state index contributed by atoms with van der Waals surface area (Å²) in [6.45, 7) is 2.12. The van der Waals surface area contributed by atoms with E-state index in [2.05, 4.69) is 22.6 Å². The molecule has 0 saturated heterocycles. The molecule has 0 radical (unpaired) electrons. The van der Waals surface area contributed by atoms with Gasteiger partial charge in [-0.25, -0.2) is 0 Å². The zero-order valence-corrected chi connectivity index (χ0v) is 11.8. The molecule has 0 N–H and O–H groups in total. The van der Waals surface area contributed by atoms with Gasteiger partial charge in [0.2, 0.25) is 0 Å². The summed E-state index contributed by atoms with van der Waals surface area (Å²) >= 11 is 2.11. The standard InChI is InChI=1S/C12H12INO3/c1-3-17-12(15)5-8-4-9(7-14)11(16-2)6-10(8)13/h4,6H,3,5H2,1-2H3. The van der Waals surface area contributed by atoms with E-state index in [9.17, 15) is 4.79 Å². The van der Waals surface area contributed by atoms with Gasteiger partial charge in [0.25, 0.3) is 0 Å². The monoisotopic (exact) mass is 345 g/mol. The molecule has 0 aliphatic rings. The van der Waals surface area contributed by atoms with E-state index in [0.717, 1.165) is 9.13 Å². The Labute approximate surface area is 114 Å². The van der Waals surface area contributed by atoms with Gasteiger partial charge in [0.05, 0.1) is 25.7 Å². The Morgan fingerprint density at radius 2 is 2.24 bits per heavy atom. The fourth-order valence-electron chi connectivity index (χ4n) is 1.36. The van der Waals surface area contributed by atoms with E-state index in [1.165, 1.54) is 7.11 Å². The number of rotatable bonds is 4. The summed E-state index contributed by atoms with van der Waals surface area (Å²) in [7, 11) is 1.51. The number of carbonyl (C=O) groups excluding carboxylic acids is 1. The average Bonchev–Trinajstić information content (AvgIpc) is 2.31. The number of hydrogen-bond acceptors (Lipinski definition) is 4. The Balaban J connectivity index is 3.01. The third-order valence-electron chi connectivity index (χ3n) is 2.13. The van der Waals surface area contributed by atoms with E-state index in [1.54, 1.807) is 19.1 Å². The maximum absolute atomic E-state index is 11.4. The molecule has 4 nitrogen and oxygen atoms in total. The van der Waals surface area contributed by atoms with Gasteiger partial charge in [-0.1, -0.05) is 0 Å². The molecule has 0 atom stereocenters. The van der Waals surface area contributed by atoms with Crippen molar-refractivity contribution in [2.24, 2.45) is 0 Å². The van der Waals surface area contributed by atoms with Crippen LogP contribution in [0.2, 0.25) is 0 Å². The maximum Gasteiger partial charge on any atom is 0.310 e. The van der Waals surface area contributed by atoms with Gasteiger partial charge in [0, 0.05) is 3.57 Å². The lowest BCUT2D eigenvalue weighted by Crippen LogP contribution is -2.09. The number of esters is 1. The molecule has 1 aromatic rings. The molecule has 17 heavy (non-hydrogen) atoms.